The van der Waals surface area contributed by atoms with Crippen LogP contribution in [0.4, 0.5) is 0 Å². The molecule has 1 aliphatic heterocycles. The molecule has 3 nitrogen and oxygen atoms in total. The van der Waals surface area contributed by atoms with E-state index in [2.05, 4.69) is 59.3 Å². The Labute approximate surface area is 146 Å². The summed E-state index contributed by atoms with van der Waals surface area (Å²) >= 11 is 1.36. The van der Waals surface area contributed by atoms with Gasteiger partial charge in [-0.1, -0.05) is 54.7 Å². The van der Waals surface area contributed by atoms with Crippen LogP contribution < -0.4 is 4.87 Å². The highest BCUT2D eigenvalue weighted by Crippen LogP contribution is 2.29. The van der Waals surface area contributed by atoms with Crippen LogP contribution in [0.3, 0.4) is 0 Å². The van der Waals surface area contributed by atoms with Crippen LogP contribution >= 0.6 is 11.3 Å². The fourth-order valence-corrected chi connectivity index (χ4v) is 4.58. The van der Waals surface area contributed by atoms with E-state index in [0.717, 1.165) is 41.7 Å². The molecule has 1 aliphatic rings. The summed E-state index contributed by atoms with van der Waals surface area (Å²) in [6.45, 7) is 5.45. The molecule has 0 amide bonds. The number of rotatable bonds is 3. The lowest BCUT2D eigenvalue weighted by molar-refractivity contribution is 0.178. The van der Waals surface area contributed by atoms with Crippen molar-refractivity contribution in [3.63, 3.8) is 0 Å². The lowest BCUT2D eigenvalue weighted by Crippen LogP contribution is -2.33. The molecule has 4 rings (SSSR count). The van der Waals surface area contributed by atoms with Gasteiger partial charge >= 0.3 is 4.87 Å². The molecule has 0 radical (unpaired) electrons. The molecule has 2 aromatic carbocycles. The van der Waals surface area contributed by atoms with Gasteiger partial charge in [0.05, 0.1) is 5.69 Å². The number of likely N-dealkylation sites (tertiary alicyclic amines) is 1. The Morgan fingerprint density at radius 2 is 2.04 bits per heavy atom. The highest BCUT2D eigenvalue weighted by Gasteiger charge is 2.19. The third-order valence-corrected chi connectivity index (χ3v) is 5.74. The van der Waals surface area contributed by atoms with Crippen LogP contribution in [-0.2, 0) is 6.54 Å². The van der Waals surface area contributed by atoms with Crippen molar-refractivity contribution in [2.24, 2.45) is 5.92 Å². The van der Waals surface area contributed by atoms with Crippen LogP contribution in [-0.4, -0.2) is 23.0 Å². The zero-order valence-electron chi connectivity index (χ0n) is 13.9. The first-order valence-corrected chi connectivity index (χ1v) is 9.44. The van der Waals surface area contributed by atoms with Crippen LogP contribution in [0.2, 0.25) is 0 Å². The van der Waals surface area contributed by atoms with Gasteiger partial charge < -0.3 is 4.98 Å². The van der Waals surface area contributed by atoms with Crippen LogP contribution in [0.25, 0.3) is 22.0 Å². The highest BCUT2D eigenvalue weighted by atomic mass is 32.1. The normalized spacial score (nSPS) is 19.0. The fraction of sp³-hybridized carbons (Fsp3) is 0.350. The smallest absolute Gasteiger partial charge is 0.305 e. The Morgan fingerprint density at radius 3 is 2.88 bits per heavy atom. The van der Waals surface area contributed by atoms with Crippen molar-refractivity contribution in [3.05, 3.63) is 57.0 Å². The van der Waals surface area contributed by atoms with Crippen LogP contribution in [0.5, 0.6) is 0 Å². The van der Waals surface area contributed by atoms with Gasteiger partial charge in [-0.05, 0) is 47.7 Å². The third kappa shape index (κ3) is 3.17. The minimum Gasteiger partial charge on any atom is -0.312 e. The van der Waals surface area contributed by atoms with Crippen molar-refractivity contribution in [1.29, 1.82) is 0 Å². The van der Waals surface area contributed by atoms with E-state index in [-0.39, 0.29) is 4.87 Å². The third-order valence-electron chi connectivity index (χ3n) is 4.87. The number of nitrogens with one attached hydrogen (secondary N) is 1. The van der Waals surface area contributed by atoms with Crippen molar-refractivity contribution in [2.75, 3.05) is 13.1 Å². The molecule has 1 atom stereocenters. The molecular formula is C20H22N2OS. The van der Waals surface area contributed by atoms with Gasteiger partial charge in [-0.15, -0.1) is 0 Å². The molecule has 2 heterocycles. The second kappa shape index (κ2) is 6.54. The molecule has 1 N–H and O–H groups in total. The Kier molecular flexibility index (Phi) is 4.25. The van der Waals surface area contributed by atoms with E-state index >= 15 is 0 Å². The average molecular weight is 338 g/mol. The molecular weight excluding hydrogens is 316 g/mol. The predicted octanol–water partition coefficient (Wildman–Crippen LogP) is 4.49. The van der Waals surface area contributed by atoms with Crippen molar-refractivity contribution >= 4 is 22.1 Å². The van der Waals surface area contributed by atoms with Crippen molar-refractivity contribution < 1.29 is 0 Å². The Morgan fingerprint density at radius 1 is 1.21 bits per heavy atom. The standard InChI is InChI=1S/C20H22N2OS/c1-14-5-4-10-22(12-14)13-18-19(21-20(23)24-18)17-9-8-15-6-2-3-7-16(15)11-17/h2-3,6-9,11,14H,4-5,10,12-13H2,1H3,(H,21,23). The summed E-state index contributed by atoms with van der Waals surface area (Å²) in [4.78, 5) is 18.7. The number of nitrogens with zero attached hydrogens (tertiary/aromatic N) is 1. The number of hydrogen-bond acceptors (Lipinski definition) is 3. The lowest BCUT2D eigenvalue weighted by Gasteiger charge is -2.30. The first kappa shape index (κ1) is 15.6. The number of thiazole rings is 1. The molecule has 3 aromatic rings. The molecule has 0 aliphatic carbocycles. The molecule has 24 heavy (non-hydrogen) atoms. The van der Waals surface area contributed by atoms with E-state index < -0.39 is 0 Å². The van der Waals surface area contributed by atoms with Gasteiger partial charge in [0.15, 0.2) is 0 Å². The first-order valence-electron chi connectivity index (χ1n) is 8.62. The monoisotopic (exact) mass is 338 g/mol. The summed E-state index contributed by atoms with van der Waals surface area (Å²) in [5.74, 6) is 0.749. The number of fused-ring (bicyclic) bond motifs is 1. The topological polar surface area (TPSA) is 36.1 Å². The maximum absolute atomic E-state index is 12.0. The fourth-order valence-electron chi connectivity index (χ4n) is 3.68. The van der Waals surface area contributed by atoms with Gasteiger partial charge in [0.25, 0.3) is 0 Å². The molecule has 0 spiro atoms. The number of aromatic nitrogens is 1. The second-order valence-corrected chi connectivity index (χ2v) is 7.92. The Hall–Kier alpha value is -1.91. The number of aromatic amines is 1. The summed E-state index contributed by atoms with van der Waals surface area (Å²) in [5, 5.41) is 2.44. The highest BCUT2D eigenvalue weighted by molar-refractivity contribution is 7.09. The molecule has 1 saturated heterocycles. The number of hydrogen-bond donors (Lipinski definition) is 1. The molecule has 0 saturated carbocycles. The second-order valence-electron chi connectivity index (χ2n) is 6.86. The Bertz CT molecular complexity index is 911. The van der Waals surface area contributed by atoms with Gasteiger partial charge in [-0.25, -0.2) is 0 Å². The van der Waals surface area contributed by atoms with E-state index in [1.54, 1.807) is 0 Å². The van der Waals surface area contributed by atoms with E-state index in [9.17, 15) is 4.79 Å². The number of H-pyrrole nitrogens is 1. The number of piperidine rings is 1. The Balaban J connectivity index is 1.68. The molecule has 0 bridgehead atoms. The van der Waals surface area contributed by atoms with E-state index in [4.69, 9.17) is 0 Å². The molecule has 1 aromatic heterocycles. The largest absolute Gasteiger partial charge is 0.312 e. The zero-order valence-corrected chi connectivity index (χ0v) is 14.7. The minimum absolute atomic E-state index is 0.0400. The summed E-state index contributed by atoms with van der Waals surface area (Å²) in [6, 6.07) is 14.8. The average Bonchev–Trinajstić information content (AvgIpc) is 2.95. The molecule has 4 heteroatoms. The zero-order chi connectivity index (χ0) is 16.5. The van der Waals surface area contributed by atoms with Gasteiger partial charge in [0.2, 0.25) is 0 Å². The number of benzene rings is 2. The quantitative estimate of drug-likeness (QED) is 0.764. The first-order chi connectivity index (χ1) is 11.7. The van der Waals surface area contributed by atoms with E-state index in [0.29, 0.717) is 0 Å². The SMILES string of the molecule is CC1CCCN(Cc2sc(=O)[nH]c2-c2ccc3ccccc3c2)C1. The maximum Gasteiger partial charge on any atom is 0.305 e. The summed E-state index contributed by atoms with van der Waals surface area (Å²) in [6.07, 6.45) is 2.57. The minimum atomic E-state index is 0.0400. The van der Waals surface area contributed by atoms with Crippen LogP contribution in [0.1, 0.15) is 24.6 Å². The summed E-state index contributed by atoms with van der Waals surface area (Å²) in [7, 11) is 0. The molecule has 1 fully saturated rings. The van der Waals surface area contributed by atoms with Crippen LogP contribution in [0, 0.1) is 5.92 Å². The van der Waals surface area contributed by atoms with Gasteiger partial charge in [0.1, 0.15) is 0 Å². The molecule has 1 unspecified atom stereocenters. The summed E-state index contributed by atoms with van der Waals surface area (Å²) < 4.78 is 0. The molecule has 124 valence electrons. The van der Waals surface area contributed by atoms with Gasteiger partial charge in [-0.2, -0.15) is 0 Å². The van der Waals surface area contributed by atoms with E-state index in [1.165, 1.54) is 35.0 Å². The van der Waals surface area contributed by atoms with Crippen molar-refractivity contribution in [2.45, 2.75) is 26.3 Å². The van der Waals surface area contributed by atoms with Gasteiger partial charge in [0, 0.05) is 18.0 Å². The lowest BCUT2D eigenvalue weighted by atomic mass is 10.00. The van der Waals surface area contributed by atoms with Crippen LogP contribution in [0.15, 0.2) is 47.3 Å². The maximum atomic E-state index is 12.0. The van der Waals surface area contributed by atoms with Crippen molar-refractivity contribution in [1.82, 2.24) is 9.88 Å². The summed E-state index contributed by atoms with van der Waals surface area (Å²) in [5.41, 5.74) is 2.10. The predicted molar refractivity (Wildman–Crippen MR) is 102 cm³/mol. The van der Waals surface area contributed by atoms with E-state index in [1.807, 2.05) is 0 Å². The van der Waals surface area contributed by atoms with Crippen molar-refractivity contribution in [3.8, 4) is 11.3 Å². The van der Waals surface area contributed by atoms with Gasteiger partial charge in [-0.3, -0.25) is 9.69 Å².